The van der Waals surface area contributed by atoms with Gasteiger partial charge < -0.3 is 20.3 Å². The first-order valence-corrected chi connectivity index (χ1v) is 7.22. The third-order valence-electron chi connectivity index (χ3n) is 4.22. The minimum atomic E-state index is 0.195. The van der Waals surface area contributed by atoms with E-state index in [1.165, 1.54) is 0 Å². The molecule has 1 saturated heterocycles. The Kier molecular flexibility index (Phi) is 3.72. The number of aromatic hydroxyl groups is 1. The molecule has 1 aromatic carbocycles. The van der Waals surface area contributed by atoms with E-state index >= 15 is 0 Å². The highest BCUT2D eigenvalue weighted by Crippen LogP contribution is 2.43. The maximum atomic E-state index is 10.3. The van der Waals surface area contributed by atoms with Crippen LogP contribution in [0.1, 0.15) is 24.4 Å². The molecule has 0 radical (unpaired) electrons. The van der Waals surface area contributed by atoms with Gasteiger partial charge >= 0.3 is 0 Å². The predicted octanol–water partition coefficient (Wildman–Crippen LogP) is 1.50. The molecule has 20 heavy (non-hydrogen) atoms. The van der Waals surface area contributed by atoms with Gasteiger partial charge in [-0.2, -0.15) is 0 Å². The van der Waals surface area contributed by atoms with Crippen molar-refractivity contribution in [1.82, 2.24) is 4.90 Å². The fourth-order valence-corrected chi connectivity index (χ4v) is 3.12. The van der Waals surface area contributed by atoms with E-state index in [0.717, 1.165) is 30.7 Å². The quantitative estimate of drug-likeness (QED) is 0.858. The molecule has 3 rings (SSSR count). The van der Waals surface area contributed by atoms with Crippen LogP contribution in [0.4, 0.5) is 0 Å². The fourth-order valence-electron chi connectivity index (χ4n) is 3.12. The van der Waals surface area contributed by atoms with Crippen molar-refractivity contribution in [2.45, 2.75) is 18.9 Å². The molecule has 2 aliphatic rings. The van der Waals surface area contributed by atoms with Crippen LogP contribution in [-0.4, -0.2) is 43.4 Å². The number of rotatable bonds is 2. The number of ether oxygens (including phenoxy) is 2. The Hall–Kier alpha value is -1.46. The van der Waals surface area contributed by atoms with Crippen molar-refractivity contribution in [3.8, 4) is 17.2 Å². The summed E-state index contributed by atoms with van der Waals surface area (Å²) < 4.78 is 11.3. The summed E-state index contributed by atoms with van der Waals surface area (Å²) in [5.74, 6) is 2.14. The summed E-state index contributed by atoms with van der Waals surface area (Å²) in [4.78, 5) is 2.25. The molecule has 110 valence electrons. The highest BCUT2D eigenvalue weighted by molar-refractivity contribution is 5.51. The van der Waals surface area contributed by atoms with Crippen LogP contribution in [0.2, 0.25) is 0 Å². The molecule has 2 atom stereocenters. The van der Waals surface area contributed by atoms with Crippen LogP contribution < -0.4 is 15.2 Å². The number of nitrogens with zero attached hydrogens (tertiary/aromatic N) is 1. The van der Waals surface area contributed by atoms with Crippen LogP contribution in [0.25, 0.3) is 0 Å². The third-order valence-corrected chi connectivity index (χ3v) is 4.22. The minimum Gasteiger partial charge on any atom is -0.507 e. The smallest absolute Gasteiger partial charge is 0.164 e. The van der Waals surface area contributed by atoms with Crippen LogP contribution in [-0.2, 0) is 0 Å². The van der Waals surface area contributed by atoms with Gasteiger partial charge in [-0.05, 0) is 32.0 Å². The first-order valence-electron chi connectivity index (χ1n) is 7.22. The second-order valence-electron chi connectivity index (χ2n) is 5.70. The van der Waals surface area contributed by atoms with Gasteiger partial charge in [0.15, 0.2) is 11.5 Å². The number of hydrogen-bond donors (Lipinski definition) is 2. The molecule has 0 bridgehead atoms. The van der Waals surface area contributed by atoms with Crippen LogP contribution in [0.15, 0.2) is 12.1 Å². The molecule has 0 spiro atoms. The maximum absolute atomic E-state index is 10.3. The monoisotopic (exact) mass is 278 g/mol. The van der Waals surface area contributed by atoms with Crippen molar-refractivity contribution in [2.75, 3.05) is 33.4 Å². The fraction of sp³-hybridized carbons (Fsp3) is 0.600. The van der Waals surface area contributed by atoms with Gasteiger partial charge in [-0.1, -0.05) is 0 Å². The third kappa shape index (κ3) is 2.43. The number of hydrogen-bond acceptors (Lipinski definition) is 5. The molecule has 2 heterocycles. The van der Waals surface area contributed by atoms with Crippen molar-refractivity contribution in [2.24, 2.45) is 11.7 Å². The SMILES string of the molecule is CN1CC(CN)CC1c1cc2c(cc1O)OCCCO2. The summed E-state index contributed by atoms with van der Waals surface area (Å²) in [6.07, 6.45) is 1.84. The summed E-state index contributed by atoms with van der Waals surface area (Å²) in [6.45, 7) is 2.94. The topological polar surface area (TPSA) is 68.0 Å². The Morgan fingerprint density at radius 2 is 2.00 bits per heavy atom. The summed E-state index contributed by atoms with van der Waals surface area (Å²) in [5, 5.41) is 10.3. The molecule has 0 aromatic heterocycles. The number of likely N-dealkylation sites (tertiary alicyclic amines) is 1. The lowest BCUT2D eigenvalue weighted by Gasteiger charge is -2.22. The molecular formula is C15H22N2O3. The Morgan fingerprint density at radius 1 is 1.30 bits per heavy atom. The standard InChI is InChI=1S/C15H22N2O3/c1-17-9-10(8-16)5-12(17)11-6-14-15(7-13(11)18)20-4-2-3-19-14/h6-7,10,12,18H,2-5,8-9,16H2,1H3. The normalized spacial score (nSPS) is 26.5. The van der Waals surface area contributed by atoms with Crippen LogP contribution in [0, 0.1) is 5.92 Å². The first-order chi connectivity index (χ1) is 9.69. The molecule has 1 fully saturated rings. The lowest BCUT2D eigenvalue weighted by molar-refractivity contribution is 0.296. The lowest BCUT2D eigenvalue weighted by Crippen LogP contribution is -2.20. The van der Waals surface area contributed by atoms with Crippen molar-refractivity contribution >= 4 is 0 Å². The molecule has 1 aromatic rings. The zero-order valence-electron chi connectivity index (χ0n) is 11.8. The lowest BCUT2D eigenvalue weighted by atomic mass is 9.98. The molecule has 3 N–H and O–H groups in total. The minimum absolute atomic E-state index is 0.195. The molecule has 2 aliphatic heterocycles. The summed E-state index contributed by atoms with van der Waals surface area (Å²) in [5.41, 5.74) is 6.68. The second-order valence-corrected chi connectivity index (χ2v) is 5.70. The van der Waals surface area contributed by atoms with Gasteiger partial charge in [-0.15, -0.1) is 0 Å². The largest absolute Gasteiger partial charge is 0.507 e. The molecule has 0 saturated carbocycles. The van der Waals surface area contributed by atoms with Gasteiger partial charge in [0.2, 0.25) is 0 Å². The van der Waals surface area contributed by atoms with Crippen molar-refractivity contribution in [3.05, 3.63) is 17.7 Å². The number of phenols is 1. The Balaban J connectivity index is 1.92. The molecular weight excluding hydrogens is 256 g/mol. The van der Waals surface area contributed by atoms with E-state index in [9.17, 15) is 5.11 Å². The zero-order valence-corrected chi connectivity index (χ0v) is 11.8. The van der Waals surface area contributed by atoms with E-state index in [1.807, 2.05) is 6.07 Å². The van der Waals surface area contributed by atoms with E-state index in [-0.39, 0.29) is 11.8 Å². The second kappa shape index (κ2) is 5.50. The van der Waals surface area contributed by atoms with Crippen LogP contribution in [0.3, 0.4) is 0 Å². The van der Waals surface area contributed by atoms with E-state index in [1.54, 1.807) is 6.07 Å². The van der Waals surface area contributed by atoms with Gasteiger partial charge in [0.1, 0.15) is 5.75 Å². The van der Waals surface area contributed by atoms with Crippen LogP contribution >= 0.6 is 0 Å². The van der Waals surface area contributed by atoms with Gasteiger partial charge in [0.25, 0.3) is 0 Å². The van der Waals surface area contributed by atoms with E-state index in [2.05, 4.69) is 11.9 Å². The summed E-state index contributed by atoms with van der Waals surface area (Å²) in [7, 11) is 2.07. The van der Waals surface area contributed by atoms with Crippen molar-refractivity contribution in [1.29, 1.82) is 0 Å². The number of fused-ring (bicyclic) bond motifs is 1. The number of nitrogens with two attached hydrogens (primary N) is 1. The average molecular weight is 278 g/mol. The number of benzene rings is 1. The van der Waals surface area contributed by atoms with Gasteiger partial charge in [0, 0.05) is 30.6 Å². The Bertz CT molecular complexity index is 492. The molecule has 0 amide bonds. The van der Waals surface area contributed by atoms with E-state index in [4.69, 9.17) is 15.2 Å². The van der Waals surface area contributed by atoms with Gasteiger partial charge in [-0.25, -0.2) is 0 Å². The zero-order chi connectivity index (χ0) is 14.1. The molecule has 5 nitrogen and oxygen atoms in total. The predicted molar refractivity (Wildman–Crippen MR) is 76.2 cm³/mol. The molecule has 5 heteroatoms. The van der Waals surface area contributed by atoms with Crippen molar-refractivity contribution < 1.29 is 14.6 Å². The molecule has 2 unspecified atom stereocenters. The highest BCUT2D eigenvalue weighted by atomic mass is 16.5. The van der Waals surface area contributed by atoms with E-state index < -0.39 is 0 Å². The average Bonchev–Trinajstić information content (AvgIpc) is 2.66. The van der Waals surface area contributed by atoms with Crippen LogP contribution in [0.5, 0.6) is 17.2 Å². The first kappa shape index (κ1) is 13.5. The number of phenolic OH excluding ortho intramolecular Hbond substituents is 1. The van der Waals surface area contributed by atoms with Gasteiger partial charge in [-0.3, -0.25) is 4.90 Å². The maximum Gasteiger partial charge on any atom is 0.164 e. The summed E-state index contributed by atoms with van der Waals surface area (Å²) in [6, 6.07) is 3.80. The van der Waals surface area contributed by atoms with Crippen molar-refractivity contribution in [3.63, 3.8) is 0 Å². The highest BCUT2D eigenvalue weighted by Gasteiger charge is 2.32. The Labute approximate surface area is 119 Å². The summed E-state index contributed by atoms with van der Waals surface area (Å²) >= 11 is 0. The Morgan fingerprint density at radius 3 is 2.65 bits per heavy atom. The molecule has 0 aliphatic carbocycles. The van der Waals surface area contributed by atoms with Gasteiger partial charge in [0.05, 0.1) is 13.2 Å². The van der Waals surface area contributed by atoms with E-state index in [0.29, 0.717) is 31.4 Å².